The zero-order chi connectivity index (χ0) is 12.5. The van der Waals surface area contributed by atoms with Gasteiger partial charge < -0.3 is 5.73 Å². The zero-order valence-corrected chi connectivity index (χ0v) is 12.2. The minimum Gasteiger partial charge on any atom is -0.324 e. The third-order valence-electron chi connectivity index (χ3n) is 4.36. The maximum atomic E-state index is 6.61. The van der Waals surface area contributed by atoms with Gasteiger partial charge in [0.15, 0.2) is 0 Å². The van der Waals surface area contributed by atoms with Gasteiger partial charge in [-0.25, -0.2) is 0 Å². The smallest absolute Gasteiger partial charge is 0.0422 e. The second-order valence-corrected chi connectivity index (χ2v) is 6.45. The average molecular weight is 297 g/mol. The highest BCUT2D eigenvalue weighted by atomic mass is 79.9. The van der Waals surface area contributed by atoms with Crippen molar-refractivity contribution in [2.45, 2.75) is 45.1 Å². The van der Waals surface area contributed by atoms with Gasteiger partial charge >= 0.3 is 0 Å². The molecular formula is C14H21BrN2. The fraction of sp³-hybridized carbons (Fsp3) is 0.643. The number of hydrogen-bond donors (Lipinski definition) is 1. The molecule has 1 heterocycles. The molecule has 0 saturated heterocycles. The van der Waals surface area contributed by atoms with Gasteiger partial charge in [0.05, 0.1) is 0 Å². The predicted molar refractivity (Wildman–Crippen MR) is 74.7 cm³/mol. The number of halogens is 1. The van der Waals surface area contributed by atoms with E-state index in [1.165, 1.54) is 12.8 Å². The average Bonchev–Trinajstić information content (AvgIpc) is 2.29. The van der Waals surface area contributed by atoms with Gasteiger partial charge in [-0.1, -0.05) is 26.7 Å². The normalized spacial score (nSPS) is 33.6. The quantitative estimate of drug-likeness (QED) is 0.907. The van der Waals surface area contributed by atoms with Crippen molar-refractivity contribution in [2.24, 2.45) is 17.6 Å². The lowest BCUT2D eigenvalue weighted by Gasteiger charge is -2.43. The van der Waals surface area contributed by atoms with E-state index < -0.39 is 0 Å². The summed E-state index contributed by atoms with van der Waals surface area (Å²) in [4.78, 5) is 4.45. The lowest BCUT2D eigenvalue weighted by atomic mass is 9.67. The maximum absolute atomic E-state index is 6.61. The summed E-state index contributed by atoms with van der Waals surface area (Å²) >= 11 is 3.41. The summed E-state index contributed by atoms with van der Waals surface area (Å²) in [5.74, 6) is 1.30. The molecule has 94 valence electrons. The molecule has 3 heteroatoms. The van der Waals surface area contributed by atoms with Crippen molar-refractivity contribution in [3.8, 4) is 0 Å². The van der Waals surface area contributed by atoms with Crippen LogP contribution in [0.25, 0.3) is 0 Å². The van der Waals surface area contributed by atoms with Gasteiger partial charge in [0.25, 0.3) is 0 Å². The number of nitrogens with zero attached hydrogens (tertiary/aromatic N) is 1. The molecule has 0 aromatic carbocycles. The van der Waals surface area contributed by atoms with Crippen molar-refractivity contribution in [1.29, 1.82) is 0 Å². The number of nitrogens with two attached hydrogens (primary N) is 1. The van der Waals surface area contributed by atoms with Gasteiger partial charge in [-0.15, -0.1) is 0 Å². The van der Waals surface area contributed by atoms with E-state index in [0.29, 0.717) is 5.92 Å². The van der Waals surface area contributed by atoms with E-state index in [2.05, 4.69) is 40.8 Å². The van der Waals surface area contributed by atoms with Crippen LogP contribution in [0.4, 0.5) is 0 Å². The topological polar surface area (TPSA) is 38.9 Å². The third-order valence-corrected chi connectivity index (χ3v) is 4.83. The maximum Gasteiger partial charge on any atom is 0.0422 e. The highest BCUT2D eigenvalue weighted by Gasteiger charge is 2.38. The molecule has 1 saturated carbocycles. The van der Waals surface area contributed by atoms with E-state index in [4.69, 9.17) is 5.73 Å². The Balaban J connectivity index is 2.13. The molecule has 0 spiro atoms. The molecule has 2 rings (SSSR count). The zero-order valence-electron chi connectivity index (χ0n) is 10.6. The Kier molecular flexibility index (Phi) is 3.88. The van der Waals surface area contributed by atoms with Crippen molar-refractivity contribution >= 4 is 15.9 Å². The SMILES string of the molecule is CC1CCCC(N)(Cc2ccc(Br)cn2)C1C. The molecule has 3 unspecified atom stereocenters. The molecule has 0 radical (unpaired) electrons. The minimum absolute atomic E-state index is 0.0709. The largest absolute Gasteiger partial charge is 0.324 e. The van der Waals surface area contributed by atoms with Crippen LogP contribution in [0.2, 0.25) is 0 Å². The van der Waals surface area contributed by atoms with Crippen LogP contribution in [-0.2, 0) is 6.42 Å². The van der Waals surface area contributed by atoms with Crippen molar-refractivity contribution in [2.75, 3.05) is 0 Å². The summed E-state index contributed by atoms with van der Waals surface area (Å²) in [6, 6.07) is 4.12. The first-order valence-electron chi connectivity index (χ1n) is 6.40. The Labute approximate surface area is 112 Å². The summed E-state index contributed by atoms with van der Waals surface area (Å²) in [5.41, 5.74) is 7.65. The second-order valence-electron chi connectivity index (χ2n) is 5.54. The summed E-state index contributed by atoms with van der Waals surface area (Å²) in [6.45, 7) is 4.61. The molecule has 1 fully saturated rings. The fourth-order valence-electron chi connectivity index (χ4n) is 2.90. The van der Waals surface area contributed by atoms with Gasteiger partial charge in [0.2, 0.25) is 0 Å². The molecule has 1 aromatic rings. The Morgan fingerprint density at radius 2 is 2.24 bits per heavy atom. The van der Waals surface area contributed by atoms with Crippen molar-refractivity contribution in [3.05, 3.63) is 28.5 Å². The Hall–Kier alpha value is -0.410. The van der Waals surface area contributed by atoms with E-state index in [-0.39, 0.29) is 5.54 Å². The summed E-state index contributed by atoms with van der Waals surface area (Å²) < 4.78 is 1.03. The van der Waals surface area contributed by atoms with Gasteiger partial charge in [0, 0.05) is 28.3 Å². The molecule has 1 aliphatic carbocycles. The van der Waals surface area contributed by atoms with E-state index in [1.54, 1.807) is 0 Å². The minimum atomic E-state index is -0.0709. The van der Waals surface area contributed by atoms with Gasteiger partial charge in [-0.3, -0.25) is 4.98 Å². The van der Waals surface area contributed by atoms with E-state index >= 15 is 0 Å². The van der Waals surface area contributed by atoms with E-state index in [0.717, 1.165) is 28.9 Å². The molecular weight excluding hydrogens is 276 g/mol. The standard InChI is InChI=1S/C14H21BrN2/c1-10-4-3-7-14(16,11(10)2)8-13-6-5-12(15)9-17-13/h5-6,9-11H,3-4,7-8,16H2,1-2H3. The van der Waals surface area contributed by atoms with Crippen molar-refractivity contribution in [1.82, 2.24) is 4.98 Å². The number of pyridine rings is 1. The molecule has 0 bridgehead atoms. The van der Waals surface area contributed by atoms with E-state index in [9.17, 15) is 0 Å². The fourth-order valence-corrected chi connectivity index (χ4v) is 3.13. The monoisotopic (exact) mass is 296 g/mol. The van der Waals surface area contributed by atoms with Crippen LogP contribution in [-0.4, -0.2) is 10.5 Å². The molecule has 0 aliphatic heterocycles. The van der Waals surface area contributed by atoms with Crippen molar-refractivity contribution < 1.29 is 0 Å². The van der Waals surface area contributed by atoms with Gasteiger partial charge in [0.1, 0.15) is 0 Å². The number of hydrogen-bond acceptors (Lipinski definition) is 2. The predicted octanol–water partition coefficient (Wildman–Crippen LogP) is 3.54. The van der Waals surface area contributed by atoms with Crippen LogP contribution < -0.4 is 5.73 Å². The van der Waals surface area contributed by atoms with Crippen LogP contribution in [0.15, 0.2) is 22.8 Å². The molecule has 1 aliphatic rings. The first-order chi connectivity index (χ1) is 8.01. The molecule has 3 atom stereocenters. The number of rotatable bonds is 2. The van der Waals surface area contributed by atoms with Gasteiger partial charge in [-0.05, 0) is 46.3 Å². The molecule has 2 nitrogen and oxygen atoms in total. The Morgan fingerprint density at radius 1 is 1.47 bits per heavy atom. The van der Waals surface area contributed by atoms with Crippen LogP contribution in [0.3, 0.4) is 0 Å². The van der Waals surface area contributed by atoms with Crippen LogP contribution >= 0.6 is 15.9 Å². The first-order valence-corrected chi connectivity index (χ1v) is 7.20. The Morgan fingerprint density at radius 3 is 2.88 bits per heavy atom. The lowest BCUT2D eigenvalue weighted by molar-refractivity contribution is 0.142. The second kappa shape index (κ2) is 5.07. The van der Waals surface area contributed by atoms with Crippen LogP contribution in [0.5, 0.6) is 0 Å². The first kappa shape index (κ1) is 13.0. The summed E-state index contributed by atoms with van der Waals surface area (Å²) in [5, 5.41) is 0. The van der Waals surface area contributed by atoms with Crippen molar-refractivity contribution in [3.63, 3.8) is 0 Å². The highest BCUT2D eigenvalue weighted by Crippen LogP contribution is 2.37. The van der Waals surface area contributed by atoms with Gasteiger partial charge in [-0.2, -0.15) is 0 Å². The summed E-state index contributed by atoms with van der Waals surface area (Å²) in [6.07, 6.45) is 6.43. The lowest BCUT2D eigenvalue weighted by Crippen LogP contribution is -2.52. The molecule has 17 heavy (non-hydrogen) atoms. The van der Waals surface area contributed by atoms with E-state index in [1.807, 2.05) is 12.3 Å². The number of aromatic nitrogens is 1. The third kappa shape index (κ3) is 2.89. The summed E-state index contributed by atoms with van der Waals surface area (Å²) in [7, 11) is 0. The van der Waals surface area contributed by atoms with Crippen LogP contribution in [0, 0.1) is 11.8 Å². The molecule has 2 N–H and O–H groups in total. The molecule has 1 aromatic heterocycles. The molecule has 0 amide bonds. The van der Waals surface area contributed by atoms with Crippen LogP contribution in [0.1, 0.15) is 38.8 Å². The Bertz CT molecular complexity index is 376. The highest BCUT2D eigenvalue weighted by molar-refractivity contribution is 9.10.